The number of fused-ring (bicyclic) bond motifs is 2. The predicted molar refractivity (Wildman–Crippen MR) is 122 cm³/mol. The number of hydrogen-bond donors (Lipinski definition) is 1. The van der Waals surface area contributed by atoms with Crippen LogP contribution in [0.1, 0.15) is 65.3 Å². The molecule has 1 saturated heterocycles. The summed E-state index contributed by atoms with van der Waals surface area (Å²) in [6.45, 7) is 4.20. The maximum absolute atomic E-state index is 13.4. The molecule has 5 heteroatoms. The number of H-pyrrole nitrogens is 1. The highest BCUT2D eigenvalue weighted by atomic mass is 16.2. The topological polar surface area (TPSA) is 56.4 Å². The van der Waals surface area contributed by atoms with Gasteiger partial charge in [0.15, 0.2) is 0 Å². The van der Waals surface area contributed by atoms with E-state index in [1.807, 2.05) is 40.1 Å². The number of carbonyl (C=O) groups is 2. The summed E-state index contributed by atoms with van der Waals surface area (Å²) in [5, 5.41) is 1.14. The van der Waals surface area contributed by atoms with Crippen LogP contribution in [0.2, 0.25) is 0 Å². The summed E-state index contributed by atoms with van der Waals surface area (Å²) in [7, 11) is 0. The van der Waals surface area contributed by atoms with Crippen molar-refractivity contribution in [2.45, 2.75) is 45.1 Å². The molecule has 2 aliphatic rings. The average molecular weight is 416 g/mol. The highest BCUT2D eigenvalue weighted by Gasteiger charge is 2.39. The molecule has 2 aromatic carbocycles. The van der Waals surface area contributed by atoms with E-state index in [4.69, 9.17) is 0 Å². The Labute approximate surface area is 183 Å². The van der Waals surface area contributed by atoms with Gasteiger partial charge in [-0.15, -0.1) is 0 Å². The van der Waals surface area contributed by atoms with Crippen LogP contribution in [-0.4, -0.2) is 46.2 Å². The van der Waals surface area contributed by atoms with Gasteiger partial charge in [-0.1, -0.05) is 49.2 Å². The second kappa shape index (κ2) is 8.22. The molecule has 0 aliphatic carbocycles. The van der Waals surface area contributed by atoms with Crippen molar-refractivity contribution in [2.24, 2.45) is 0 Å². The molecule has 1 atom stereocenters. The SMILES string of the molecule is Cc1[nH]c2ccccc2c1[C@@H]1c2ccccc2C(=O)N1CCC(=O)N1CCCCCC1. The molecule has 0 unspecified atom stereocenters. The van der Waals surface area contributed by atoms with Crippen LogP contribution in [-0.2, 0) is 4.79 Å². The largest absolute Gasteiger partial charge is 0.358 e. The lowest BCUT2D eigenvalue weighted by Gasteiger charge is -2.27. The number of carbonyl (C=O) groups excluding carboxylic acids is 2. The van der Waals surface area contributed by atoms with Crippen molar-refractivity contribution in [2.75, 3.05) is 19.6 Å². The third kappa shape index (κ3) is 3.52. The number of nitrogens with zero attached hydrogens (tertiary/aromatic N) is 2. The summed E-state index contributed by atoms with van der Waals surface area (Å²) in [4.78, 5) is 33.7. The molecule has 0 radical (unpaired) electrons. The lowest BCUT2D eigenvalue weighted by molar-refractivity contribution is -0.131. The van der Waals surface area contributed by atoms with Gasteiger partial charge < -0.3 is 14.8 Å². The minimum atomic E-state index is -0.170. The van der Waals surface area contributed by atoms with Crippen molar-refractivity contribution in [1.82, 2.24) is 14.8 Å². The Morgan fingerprint density at radius 1 is 1.00 bits per heavy atom. The molecular formula is C26H29N3O2. The number of aromatic amines is 1. The highest BCUT2D eigenvalue weighted by molar-refractivity contribution is 6.01. The summed E-state index contributed by atoms with van der Waals surface area (Å²) < 4.78 is 0. The fourth-order valence-corrected chi connectivity index (χ4v) is 5.26. The molecule has 0 spiro atoms. The van der Waals surface area contributed by atoms with Crippen molar-refractivity contribution in [3.8, 4) is 0 Å². The van der Waals surface area contributed by atoms with Gasteiger partial charge in [0.2, 0.25) is 5.91 Å². The van der Waals surface area contributed by atoms with E-state index in [0.717, 1.165) is 59.2 Å². The zero-order valence-corrected chi connectivity index (χ0v) is 18.1. The number of nitrogens with one attached hydrogen (secondary N) is 1. The van der Waals surface area contributed by atoms with Crippen LogP contribution < -0.4 is 0 Å². The van der Waals surface area contributed by atoms with Crippen LogP contribution >= 0.6 is 0 Å². The quantitative estimate of drug-likeness (QED) is 0.665. The molecule has 2 aliphatic heterocycles. The monoisotopic (exact) mass is 415 g/mol. The van der Waals surface area contributed by atoms with Gasteiger partial charge in [-0.25, -0.2) is 0 Å². The summed E-state index contributed by atoms with van der Waals surface area (Å²) in [6.07, 6.45) is 4.93. The Hall–Kier alpha value is -3.08. The maximum atomic E-state index is 13.4. The van der Waals surface area contributed by atoms with E-state index in [1.165, 1.54) is 12.8 Å². The summed E-state index contributed by atoms with van der Waals surface area (Å²) in [5.74, 6) is 0.189. The Bertz CT molecular complexity index is 1120. The van der Waals surface area contributed by atoms with Crippen molar-refractivity contribution in [1.29, 1.82) is 0 Å². The molecule has 3 aromatic rings. The van der Waals surface area contributed by atoms with Gasteiger partial charge in [0.1, 0.15) is 0 Å². The number of likely N-dealkylation sites (tertiary alicyclic amines) is 1. The molecule has 31 heavy (non-hydrogen) atoms. The zero-order valence-electron chi connectivity index (χ0n) is 18.1. The molecule has 3 heterocycles. The molecule has 160 valence electrons. The van der Waals surface area contributed by atoms with Crippen molar-refractivity contribution in [3.63, 3.8) is 0 Å². The molecule has 0 bridgehead atoms. The molecule has 1 aromatic heterocycles. The van der Waals surface area contributed by atoms with Crippen LogP contribution in [0, 0.1) is 6.92 Å². The third-order valence-electron chi connectivity index (χ3n) is 6.80. The molecule has 1 fully saturated rings. The highest BCUT2D eigenvalue weighted by Crippen LogP contribution is 2.42. The van der Waals surface area contributed by atoms with E-state index in [-0.39, 0.29) is 17.9 Å². The number of aromatic nitrogens is 1. The van der Waals surface area contributed by atoms with Crippen LogP contribution in [0.25, 0.3) is 10.9 Å². The van der Waals surface area contributed by atoms with Crippen LogP contribution in [0.15, 0.2) is 48.5 Å². The van der Waals surface area contributed by atoms with Gasteiger partial charge in [-0.05, 0) is 37.5 Å². The van der Waals surface area contributed by atoms with E-state index in [1.54, 1.807) is 0 Å². The van der Waals surface area contributed by atoms with Crippen molar-refractivity contribution in [3.05, 3.63) is 70.9 Å². The molecule has 0 saturated carbocycles. The molecule has 5 rings (SSSR count). The van der Waals surface area contributed by atoms with Crippen molar-refractivity contribution >= 4 is 22.7 Å². The maximum Gasteiger partial charge on any atom is 0.255 e. The standard InChI is InChI=1S/C26H29N3O2/c1-18-24(21-12-6-7-13-22(21)27-18)25-19-10-4-5-11-20(19)26(31)29(25)17-14-23(30)28-15-8-2-3-9-16-28/h4-7,10-13,25,27H,2-3,8-9,14-17H2,1H3/t25-/m0/s1. The lowest BCUT2D eigenvalue weighted by Crippen LogP contribution is -2.36. The Morgan fingerprint density at radius 3 is 2.52 bits per heavy atom. The minimum absolute atomic E-state index is 0.0222. The van der Waals surface area contributed by atoms with E-state index in [9.17, 15) is 9.59 Å². The first kappa shape index (κ1) is 19.9. The number of hydrogen-bond acceptors (Lipinski definition) is 2. The Kier molecular flexibility index (Phi) is 5.26. The molecule has 1 N–H and O–H groups in total. The third-order valence-corrected chi connectivity index (χ3v) is 6.80. The van der Waals surface area contributed by atoms with Crippen LogP contribution in [0.4, 0.5) is 0 Å². The molecular weight excluding hydrogens is 386 g/mol. The van der Waals surface area contributed by atoms with Crippen LogP contribution in [0.5, 0.6) is 0 Å². The number of rotatable bonds is 4. The van der Waals surface area contributed by atoms with Gasteiger partial charge in [0.25, 0.3) is 5.91 Å². The summed E-state index contributed by atoms with van der Waals surface area (Å²) in [6, 6.07) is 15.9. The van der Waals surface area contributed by atoms with Gasteiger partial charge in [0.05, 0.1) is 6.04 Å². The first-order valence-electron chi connectivity index (χ1n) is 11.4. The van der Waals surface area contributed by atoms with Gasteiger partial charge in [-0.3, -0.25) is 9.59 Å². The fraction of sp³-hybridized carbons (Fsp3) is 0.385. The summed E-state index contributed by atoms with van der Waals surface area (Å²) >= 11 is 0. The number of para-hydroxylation sites is 1. The molecule has 2 amide bonds. The average Bonchev–Trinajstić information content (AvgIpc) is 3.09. The fourth-order valence-electron chi connectivity index (χ4n) is 5.26. The number of amides is 2. The summed E-state index contributed by atoms with van der Waals surface area (Å²) in [5.41, 5.74) is 5.06. The smallest absolute Gasteiger partial charge is 0.255 e. The van der Waals surface area contributed by atoms with Crippen molar-refractivity contribution < 1.29 is 9.59 Å². The van der Waals surface area contributed by atoms with E-state index in [2.05, 4.69) is 30.1 Å². The van der Waals surface area contributed by atoms with Gasteiger partial charge in [-0.2, -0.15) is 0 Å². The Morgan fingerprint density at radius 2 is 1.71 bits per heavy atom. The van der Waals surface area contributed by atoms with E-state index < -0.39 is 0 Å². The predicted octanol–water partition coefficient (Wildman–Crippen LogP) is 4.81. The molecule has 5 nitrogen and oxygen atoms in total. The minimum Gasteiger partial charge on any atom is -0.358 e. The zero-order chi connectivity index (χ0) is 21.4. The van der Waals surface area contributed by atoms with Gasteiger partial charge >= 0.3 is 0 Å². The van der Waals surface area contributed by atoms with Crippen LogP contribution in [0.3, 0.4) is 0 Å². The Balaban J connectivity index is 1.48. The normalized spacial score (nSPS) is 19.0. The first-order valence-corrected chi connectivity index (χ1v) is 11.4. The second-order valence-corrected chi connectivity index (χ2v) is 8.74. The van der Waals surface area contributed by atoms with Gasteiger partial charge in [0, 0.05) is 53.8 Å². The number of aryl methyl sites for hydroxylation is 1. The lowest BCUT2D eigenvalue weighted by atomic mass is 9.95. The second-order valence-electron chi connectivity index (χ2n) is 8.74. The van der Waals surface area contributed by atoms with E-state index >= 15 is 0 Å². The number of benzene rings is 2. The van der Waals surface area contributed by atoms with E-state index in [0.29, 0.717) is 13.0 Å². The first-order chi connectivity index (χ1) is 15.1.